The van der Waals surface area contributed by atoms with Crippen LogP contribution in [0.25, 0.3) is 10.8 Å². The fourth-order valence-electron chi connectivity index (χ4n) is 3.78. The predicted octanol–water partition coefficient (Wildman–Crippen LogP) is 6.07. The number of sulfone groups is 2. The molecule has 11 heteroatoms. The molecule has 200 valence electrons. The van der Waals surface area contributed by atoms with Gasteiger partial charge in [0, 0.05) is 12.5 Å². The van der Waals surface area contributed by atoms with Gasteiger partial charge in [-0.25, -0.2) is 21.4 Å². The molecule has 0 spiro atoms. The zero-order chi connectivity index (χ0) is 27.7. The summed E-state index contributed by atoms with van der Waals surface area (Å²) in [6.07, 6.45) is 2.18. The van der Waals surface area contributed by atoms with Crippen LogP contribution in [0.3, 0.4) is 0 Å². The number of ether oxygens (including phenoxy) is 1. The van der Waals surface area contributed by atoms with Crippen molar-refractivity contribution in [3.05, 3.63) is 90.5 Å². The molecule has 4 aromatic rings. The summed E-state index contributed by atoms with van der Waals surface area (Å²) in [5.74, 6) is 1.03. The van der Waals surface area contributed by atoms with E-state index in [0.717, 1.165) is 23.3 Å². The first-order valence-electron chi connectivity index (χ1n) is 11.5. The van der Waals surface area contributed by atoms with Crippen molar-refractivity contribution < 1.29 is 35.2 Å². The Morgan fingerprint density at radius 1 is 0.632 bits per heavy atom. The zero-order valence-corrected chi connectivity index (χ0v) is 23.7. The van der Waals surface area contributed by atoms with Crippen LogP contribution < -0.4 is 13.8 Å². The maximum atomic E-state index is 14.4. The van der Waals surface area contributed by atoms with Gasteiger partial charge in [0.05, 0.1) is 16.9 Å². The third-order valence-corrected chi connectivity index (χ3v) is 10.4. The molecular weight excluding hydrogens is 547 g/mol. The molecule has 0 heterocycles. The lowest BCUT2D eigenvalue weighted by molar-refractivity contribution is 0.375. The van der Waals surface area contributed by atoms with Gasteiger partial charge < -0.3 is 13.8 Å². The second-order valence-electron chi connectivity index (χ2n) is 8.86. The van der Waals surface area contributed by atoms with Crippen molar-refractivity contribution in [3.8, 4) is 17.2 Å². The minimum atomic E-state index is -4.00. The van der Waals surface area contributed by atoms with Crippen molar-refractivity contribution >= 4 is 38.0 Å². The van der Waals surface area contributed by atoms with Gasteiger partial charge in [-0.1, -0.05) is 24.3 Å². The molecule has 1 atom stereocenters. The molecule has 0 amide bonds. The van der Waals surface area contributed by atoms with E-state index in [9.17, 15) is 21.4 Å². The highest BCUT2D eigenvalue weighted by molar-refractivity contribution is 7.91. The number of methoxy groups -OCH3 is 1. The average Bonchev–Trinajstić information content (AvgIpc) is 2.87. The van der Waals surface area contributed by atoms with E-state index < -0.39 is 32.9 Å². The van der Waals surface area contributed by atoms with Gasteiger partial charge in [-0.05, 0) is 83.9 Å². The van der Waals surface area contributed by atoms with Gasteiger partial charge >= 0.3 is 7.60 Å². The summed E-state index contributed by atoms with van der Waals surface area (Å²) in [6.45, 7) is 1.71. The minimum Gasteiger partial charge on any atom is -0.497 e. The highest BCUT2D eigenvalue weighted by Gasteiger charge is 2.37. The van der Waals surface area contributed by atoms with Crippen LogP contribution in [0.5, 0.6) is 17.2 Å². The summed E-state index contributed by atoms with van der Waals surface area (Å²) >= 11 is 0. The summed E-state index contributed by atoms with van der Waals surface area (Å²) in [6, 6.07) is 22.3. The van der Waals surface area contributed by atoms with Crippen molar-refractivity contribution in [3.63, 3.8) is 0 Å². The van der Waals surface area contributed by atoms with Crippen molar-refractivity contribution in [2.45, 2.75) is 22.4 Å². The quantitative estimate of drug-likeness (QED) is 0.222. The molecule has 0 aliphatic carbocycles. The second-order valence-corrected chi connectivity index (χ2v) is 15.1. The molecule has 0 fully saturated rings. The Morgan fingerprint density at radius 2 is 1.05 bits per heavy atom. The van der Waals surface area contributed by atoms with Gasteiger partial charge in [0.2, 0.25) is 0 Å². The van der Waals surface area contributed by atoms with E-state index in [1.54, 1.807) is 14.0 Å². The lowest BCUT2D eigenvalue weighted by atomic mass is 10.1. The Balaban J connectivity index is 1.73. The molecule has 0 aromatic heterocycles. The molecule has 0 radical (unpaired) electrons. The van der Waals surface area contributed by atoms with Crippen molar-refractivity contribution in [2.24, 2.45) is 0 Å². The van der Waals surface area contributed by atoms with Crippen LogP contribution >= 0.6 is 7.60 Å². The molecule has 4 aromatic carbocycles. The fraction of sp³-hybridized carbons (Fsp3) is 0.185. The summed E-state index contributed by atoms with van der Waals surface area (Å²) < 4.78 is 78.9. The molecule has 0 N–H and O–H groups in total. The largest absolute Gasteiger partial charge is 0.497 e. The standard InChI is InChI=1S/C27H27O8PS2/c1-19(20-5-6-22-18-25(33-2)8-7-21(22)17-20)36(28,34-23-9-13-26(14-10-23)37(3,29)30)35-24-11-15-27(16-12-24)38(4,31)32/h5-19H,1-4H3. The summed E-state index contributed by atoms with van der Waals surface area (Å²) in [5, 5.41) is 1.83. The van der Waals surface area contributed by atoms with Crippen LogP contribution in [-0.4, -0.2) is 36.5 Å². The molecule has 0 saturated heterocycles. The van der Waals surface area contributed by atoms with Crippen LogP contribution in [0.4, 0.5) is 0 Å². The highest BCUT2D eigenvalue weighted by Crippen LogP contribution is 2.60. The summed E-state index contributed by atoms with van der Waals surface area (Å²) in [4.78, 5) is 0.185. The predicted molar refractivity (Wildman–Crippen MR) is 147 cm³/mol. The smallest absolute Gasteiger partial charge is 0.437 e. The fourth-order valence-corrected chi connectivity index (χ4v) is 6.75. The topological polar surface area (TPSA) is 113 Å². The van der Waals surface area contributed by atoms with Crippen molar-refractivity contribution in [2.75, 3.05) is 19.6 Å². The van der Waals surface area contributed by atoms with Crippen LogP contribution in [-0.2, 0) is 24.2 Å². The van der Waals surface area contributed by atoms with Crippen LogP contribution in [0, 0.1) is 0 Å². The summed E-state index contributed by atoms with van der Waals surface area (Å²) in [7, 11) is -9.27. The second kappa shape index (κ2) is 10.4. The Bertz CT molecular complexity index is 1650. The number of fused-ring (bicyclic) bond motifs is 1. The number of hydrogen-bond acceptors (Lipinski definition) is 8. The lowest BCUT2D eigenvalue weighted by Crippen LogP contribution is -2.09. The van der Waals surface area contributed by atoms with Crippen LogP contribution in [0.1, 0.15) is 18.1 Å². The highest BCUT2D eigenvalue weighted by atomic mass is 32.2. The first-order valence-corrected chi connectivity index (χ1v) is 16.8. The molecule has 8 nitrogen and oxygen atoms in total. The molecule has 0 saturated carbocycles. The van der Waals surface area contributed by atoms with E-state index in [2.05, 4.69) is 0 Å². The molecule has 0 bridgehead atoms. The van der Waals surface area contributed by atoms with E-state index in [-0.39, 0.29) is 21.3 Å². The first-order chi connectivity index (χ1) is 17.8. The van der Waals surface area contributed by atoms with Crippen LogP contribution in [0.2, 0.25) is 0 Å². The monoisotopic (exact) mass is 574 g/mol. The Hall–Kier alpha value is -3.33. The van der Waals surface area contributed by atoms with Gasteiger partial charge in [0.1, 0.15) is 22.9 Å². The Kier molecular flexibility index (Phi) is 7.61. The zero-order valence-electron chi connectivity index (χ0n) is 21.2. The van der Waals surface area contributed by atoms with Gasteiger partial charge in [-0.2, -0.15) is 0 Å². The molecule has 4 rings (SSSR count). The number of rotatable bonds is 9. The molecular formula is C27H27O8PS2. The van der Waals surface area contributed by atoms with Gasteiger partial charge in [0.15, 0.2) is 19.7 Å². The Morgan fingerprint density at radius 3 is 1.50 bits per heavy atom. The van der Waals surface area contributed by atoms with E-state index in [1.165, 1.54) is 48.5 Å². The SMILES string of the molecule is COc1ccc2cc(C(C)P(=O)(Oc3ccc(S(C)(=O)=O)cc3)Oc3ccc(S(C)(=O)=O)cc3)ccc2c1. The van der Waals surface area contributed by atoms with E-state index in [0.29, 0.717) is 11.3 Å². The van der Waals surface area contributed by atoms with E-state index in [1.807, 2.05) is 36.4 Å². The normalized spacial score (nSPS) is 13.2. The maximum Gasteiger partial charge on any atom is 0.437 e. The molecule has 0 aliphatic heterocycles. The van der Waals surface area contributed by atoms with Crippen molar-refractivity contribution in [1.82, 2.24) is 0 Å². The first kappa shape index (κ1) is 27.7. The molecule has 1 unspecified atom stereocenters. The molecule has 0 aliphatic rings. The van der Waals surface area contributed by atoms with E-state index in [4.69, 9.17) is 13.8 Å². The maximum absolute atomic E-state index is 14.4. The Labute approximate surface area is 222 Å². The average molecular weight is 575 g/mol. The van der Waals surface area contributed by atoms with Gasteiger partial charge in [-0.3, -0.25) is 0 Å². The number of benzene rings is 4. The number of hydrogen-bond donors (Lipinski definition) is 0. The van der Waals surface area contributed by atoms with Crippen molar-refractivity contribution in [1.29, 1.82) is 0 Å². The third kappa shape index (κ3) is 6.20. The van der Waals surface area contributed by atoms with Gasteiger partial charge in [-0.15, -0.1) is 0 Å². The van der Waals surface area contributed by atoms with Crippen LogP contribution in [0.15, 0.2) is 94.7 Å². The summed E-state index contributed by atoms with van der Waals surface area (Å²) in [5.41, 5.74) is -0.0651. The van der Waals surface area contributed by atoms with E-state index >= 15 is 0 Å². The molecule has 38 heavy (non-hydrogen) atoms. The third-order valence-electron chi connectivity index (χ3n) is 6.00. The lowest BCUT2D eigenvalue weighted by Gasteiger charge is -2.26. The minimum absolute atomic E-state index is 0.0926. The van der Waals surface area contributed by atoms with Gasteiger partial charge in [0.25, 0.3) is 0 Å².